The van der Waals surface area contributed by atoms with Crippen LogP contribution < -0.4 is 11.1 Å². The first kappa shape index (κ1) is 20.3. The summed E-state index contributed by atoms with van der Waals surface area (Å²) in [5.41, 5.74) is 5.46. The number of amides is 1. The van der Waals surface area contributed by atoms with Gasteiger partial charge in [0, 0.05) is 6.54 Å². The van der Waals surface area contributed by atoms with Crippen molar-refractivity contribution in [3.05, 3.63) is 0 Å². The SMILES string of the molecule is CC(N)C(=O)NCCCN1CCCCCC1.Cl.Cl. The lowest BCUT2D eigenvalue weighted by atomic mass is 10.2. The zero-order chi connectivity index (χ0) is 11.8. The van der Waals surface area contributed by atoms with E-state index in [1.807, 2.05) is 0 Å². The third-order valence-electron chi connectivity index (χ3n) is 3.06. The van der Waals surface area contributed by atoms with E-state index < -0.39 is 6.04 Å². The van der Waals surface area contributed by atoms with E-state index in [1.54, 1.807) is 6.92 Å². The minimum Gasteiger partial charge on any atom is -0.355 e. The van der Waals surface area contributed by atoms with Crippen LogP contribution in [0.3, 0.4) is 0 Å². The Labute approximate surface area is 123 Å². The highest BCUT2D eigenvalue weighted by atomic mass is 35.5. The molecular formula is C12H27Cl2N3O. The van der Waals surface area contributed by atoms with Crippen LogP contribution >= 0.6 is 24.8 Å². The highest BCUT2D eigenvalue weighted by Crippen LogP contribution is 2.09. The lowest BCUT2D eigenvalue weighted by Crippen LogP contribution is -2.39. The average Bonchev–Trinajstić information content (AvgIpc) is 2.52. The van der Waals surface area contributed by atoms with Crippen LogP contribution in [-0.4, -0.2) is 43.0 Å². The lowest BCUT2D eigenvalue weighted by molar-refractivity contribution is -0.121. The maximum Gasteiger partial charge on any atom is 0.236 e. The van der Waals surface area contributed by atoms with Crippen molar-refractivity contribution in [2.75, 3.05) is 26.2 Å². The van der Waals surface area contributed by atoms with Crippen molar-refractivity contribution in [1.29, 1.82) is 0 Å². The summed E-state index contributed by atoms with van der Waals surface area (Å²) < 4.78 is 0. The smallest absolute Gasteiger partial charge is 0.236 e. The van der Waals surface area contributed by atoms with Gasteiger partial charge in [-0.1, -0.05) is 12.8 Å². The van der Waals surface area contributed by atoms with E-state index in [9.17, 15) is 4.79 Å². The Morgan fingerprint density at radius 2 is 1.78 bits per heavy atom. The molecule has 0 aliphatic carbocycles. The van der Waals surface area contributed by atoms with Gasteiger partial charge in [-0.15, -0.1) is 24.8 Å². The zero-order valence-corrected chi connectivity index (χ0v) is 12.8. The quantitative estimate of drug-likeness (QED) is 0.758. The van der Waals surface area contributed by atoms with E-state index in [-0.39, 0.29) is 30.7 Å². The zero-order valence-electron chi connectivity index (χ0n) is 11.2. The maximum atomic E-state index is 11.2. The second-order valence-electron chi connectivity index (χ2n) is 4.69. The van der Waals surface area contributed by atoms with Crippen molar-refractivity contribution in [3.8, 4) is 0 Å². The lowest BCUT2D eigenvalue weighted by Gasteiger charge is -2.19. The summed E-state index contributed by atoms with van der Waals surface area (Å²) in [7, 11) is 0. The first-order valence-corrected chi connectivity index (χ1v) is 6.46. The topological polar surface area (TPSA) is 58.4 Å². The van der Waals surface area contributed by atoms with Crippen LogP contribution in [0.25, 0.3) is 0 Å². The predicted octanol–water partition coefficient (Wildman–Crippen LogP) is 1.56. The molecule has 0 radical (unpaired) electrons. The molecule has 4 nitrogen and oxygen atoms in total. The molecule has 1 aliphatic heterocycles. The Hall–Kier alpha value is -0.0300. The minimum atomic E-state index is -0.391. The Kier molecular flexibility index (Phi) is 13.6. The van der Waals surface area contributed by atoms with Gasteiger partial charge in [-0.05, 0) is 45.8 Å². The number of rotatable bonds is 5. The molecule has 0 aromatic carbocycles. The van der Waals surface area contributed by atoms with E-state index in [2.05, 4.69) is 10.2 Å². The number of hydrogen-bond acceptors (Lipinski definition) is 3. The highest BCUT2D eigenvalue weighted by Gasteiger charge is 2.09. The fraction of sp³-hybridized carbons (Fsp3) is 0.917. The number of carbonyl (C=O) groups excluding carboxylic acids is 1. The molecule has 0 spiro atoms. The molecule has 1 atom stereocenters. The van der Waals surface area contributed by atoms with Gasteiger partial charge >= 0.3 is 0 Å². The first-order chi connectivity index (χ1) is 7.70. The fourth-order valence-corrected chi connectivity index (χ4v) is 2.04. The molecule has 1 heterocycles. The maximum absolute atomic E-state index is 11.2. The van der Waals surface area contributed by atoms with Gasteiger partial charge in [0.05, 0.1) is 6.04 Å². The van der Waals surface area contributed by atoms with Crippen molar-refractivity contribution < 1.29 is 4.79 Å². The fourth-order valence-electron chi connectivity index (χ4n) is 2.04. The third-order valence-corrected chi connectivity index (χ3v) is 3.06. The Morgan fingerprint density at radius 1 is 1.22 bits per heavy atom. The number of carbonyl (C=O) groups is 1. The largest absolute Gasteiger partial charge is 0.355 e. The Morgan fingerprint density at radius 3 is 2.28 bits per heavy atom. The molecule has 1 unspecified atom stereocenters. The van der Waals surface area contributed by atoms with Crippen LogP contribution in [0.4, 0.5) is 0 Å². The van der Waals surface area contributed by atoms with Gasteiger partial charge in [0.2, 0.25) is 5.91 Å². The summed E-state index contributed by atoms with van der Waals surface area (Å²) in [6.07, 6.45) is 6.42. The van der Waals surface area contributed by atoms with Crippen molar-refractivity contribution >= 4 is 30.7 Å². The summed E-state index contributed by atoms with van der Waals surface area (Å²) in [6.45, 7) is 6.00. The van der Waals surface area contributed by atoms with Crippen LogP contribution in [-0.2, 0) is 4.79 Å². The molecule has 1 amide bonds. The van der Waals surface area contributed by atoms with Crippen molar-refractivity contribution in [3.63, 3.8) is 0 Å². The molecule has 6 heteroatoms. The van der Waals surface area contributed by atoms with E-state index in [0.717, 1.165) is 19.5 Å². The van der Waals surface area contributed by atoms with Crippen LogP contribution in [0, 0.1) is 0 Å². The van der Waals surface area contributed by atoms with Crippen LogP contribution in [0.5, 0.6) is 0 Å². The normalized spacial score (nSPS) is 17.9. The Balaban J connectivity index is 0. The van der Waals surface area contributed by atoms with Crippen LogP contribution in [0.15, 0.2) is 0 Å². The molecule has 0 aromatic rings. The van der Waals surface area contributed by atoms with E-state index in [0.29, 0.717) is 0 Å². The first-order valence-electron chi connectivity index (χ1n) is 6.46. The standard InChI is InChI=1S/C12H25N3O.2ClH/c1-11(13)12(16)14-7-6-10-15-8-4-2-3-5-9-15;;/h11H,2-10,13H2,1H3,(H,14,16);2*1H. The van der Waals surface area contributed by atoms with Gasteiger partial charge in [0.1, 0.15) is 0 Å². The predicted molar refractivity (Wildman–Crippen MR) is 80.7 cm³/mol. The third kappa shape index (κ3) is 8.97. The molecule has 110 valence electrons. The molecular weight excluding hydrogens is 273 g/mol. The monoisotopic (exact) mass is 299 g/mol. The summed E-state index contributed by atoms with van der Waals surface area (Å²) in [6, 6.07) is -0.391. The number of hydrogen-bond donors (Lipinski definition) is 2. The van der Waals surface area contributed by atoms with Gasteiger partial charge in [-0.25, -0.2) is 0 Å². The van der Waals surface area contributed by atoms with Crippen molar-refractivity contribution in [2.45, 2.75) is 45.1 Å². The molecule has 0 bridgehead atoms. The van der Waals surface area contributed by atoms with Gasteiger partial charge in [-0.3, -0.25) is 4.79 Å². The molecule has 3 N–H and O–H groups in total. The van der Waals surface area contributed by atoms with E-state index in [1.165, 1.54) is 38.8 Å². The molecule has 0 aromatic heterocycles. The van der Waals surface area contributed by atoms with Crippen LogP contribution in [0.2, 0.25) is 0 Å². The van der Waals surface area contributed by atoms with E-state index in [4.69, 9.17) is 5.73 Å². The number of nitrogens with two attached hydrogens (primary N) is 1. The van der Waals surface area contributed by atoms with E-state index >= 15 is 0 Å². The summed E-state index contributed by atoms with van der Waals surface area (Å²) >= 11 is 0. The number of nitrogens with zero attached hydrogens (tertiary/aromatic N) is 1. The summed E-state index contributed by atoms with van der Waals surface area (Å²) in [4.78, 5) is 13.7. The molecule has 1 aliphatic rings. The molecule has 0 saturated carbocycles. The number of likely N-dealkylation sites (tertiary alicyclic amines) is 1. The average molecular weight is 300 g/mol. The molecule has 18 heavy (non-hydrogen) atoms. The molecule has 1 saturated heterocycles. The van der Waals surface area contributed by atoms with Gasteiger partial charge < -0.3 is 16.0 Å². The summed E-state index contributed by atoms with van der Waals surface area (Å²) in [5, 5.41) is 2.85. The minimum absolute atomic E-state index is 0. The second-order valence-corrected chi connectivity index (χ2v) is 4.69. The number of nitrogens with one attached hydrogen (secondary N) is 1. The summed E-state index contributed by atoms with van der Waals surface area (Å²) in [5.74, 6) is -0.0455. The Bertz CT molecular complexity index is 207. The van der Waals surface area contributed by atoms with Gasteiger partial charge in [0.25, 0.3) is 0 Å². The van der Waals surface area contributed by atoms with Crippen LogP contribution in [0.1, 0.15) is 39.0 Å². The van der Waals surface area contributed by atoms with Crippen molar-refractivity contribution in [1.82, 2.24) is 10.2 Å². The highest BCUT2D eigenvalue weighted by molar-refractivity contribution is 5.85. The second kappa shape index (κ2) is 12.0. The van der Waals surface area contributed by atoms with Crippen molar-refractivity contribution in [2.24, 2.45) is 5.73 Å². The molecule has 1 fully saturated rings. The van der Waals surface area contributed by atoms with Gasteiger partial charge in [0.15, 0.2) is 0 Å². The molecule has 1 rings (SSSR count). The van der Waals surface area contributed by atoms with Gasteiger partial charge in [-0.2, -0.15) is 0 Å². The number of halogens is 2.